The molecule has 2 aromatic carbocycles. The molecule has 3 aromatic rings. The molecule has 1 aliphatic carbocycles. The smallest absolute Gasteiger partial charge is 0.261 e. The minimum atomic E-state index is -0.456. The number of rotatable bonds is 5. The fourth-order valence-corrected chi connectivity index (χ4v) is 4.30. The molecule has 1 saturated heterocycles. The van der Waals surface area contributed by atoms with Gasteiger partial charge in [0.05, 0.1) is 6.54 Å². The topological polar surface area (TPSA) is 104 Å². The maximum atomic E-state index is 14.1. The molecule has 1 aliphatic heterocycles. The van der Waals surface area contributed by atoms with Crippen LogP contribution in [-0.2, 0) is 9.59 Å². The summed E-state index contributed by atoms with van der Waals surface area (Å²) in [6.45, 7) is 0.498. The number of hydrogen-bond donors (Lipinski definition) is 1. The van der Waals surface area contributed by atoms with E-state index in [1.54, 1.807) is 30.3 Å². The third kappa shape index (κ3) is 3.99. The monoisotopic (exact) mass is 460 g/mol. The van der Waals surface area contributed by atoms with Crippen molar-refractivity contribution in [1.29, 1.82) is 5.26 Å². The first-order valence-electron chi connectivity index (χ1n) is 11.0. The van der Waals surface area contributed by atoms with Crippen LogP contribution in [0.3, 0.4) is 0 Å². The zero-order valence-electron chi connectivity index (χ0n) is 18.2. The highest BCUT2D eigenvalue weighted by Gasteiger charge is 2.30. The van der Waals surface area contributed by atoms with E-state index in [9.17, 15) is 24.0 Å². The fraction of sp³-hybridized carbons (Fsp3) is 0.280. The Hall–Kier alpha value is -4.19. The molecule has 2 fully saturated rings. The van der Waals surface area contributed by atoms with Crippen LogP contribution in [0.1, 0.15) is 24.6 Å². The number of carbonyl (C=O) groups excluding carboxylic acids is 2. The number of hydrogen-bond acceptors (Lipinski definition) is 5. The second-order valence-corrected chi connectivity index (χ2v) is 8.41. The van der Waals surface area contributed by atoms with E-state index >= 15 is 0 Å². The molecular formula is C25H21FN4O4. The number of ether oxygens (including phenoxy) is 1. The van der Waals surface area contributed by atoms with E-state index in [0.29, 0.717) is 40.7 Å². The summed E-state index contributed by atoms with van der Waals surface area (Å²) >= 11 is 0. The molecule has 1 N–H and O–H groups in total. The van der Waals surface area contributed by atoms with E-state index in [1.165, 1.54) is 21.6 Å². The standard InChI is InChI=1S/C25H21FN4O4/c26-16-3-1-2-15(10-16)24-20-11-18(34-14-23(32)29-9-8-28-22(31)13-29)6-7-19(20)25(33)30(17-4-5-17)21(24)12-27/h1-3,6-7,10-11,17H,4-5,8-9,13-14H2,(H,28,31). The Morgan fingerprint density at radius 3 is 2.71 bits per heavy atom. The first kappa shape index (κ1) is 21.6. The summed E-state index contributed by atoms with van der Waals surface area (Å²) in [5.74, 6) is -0.683. The highest BCUT2D eigenvalue weighted by atomic mass is 19.1. The largest absolute Gasteiger partial charge is 0.484 e. The van der Waals surface area contributed by atoms with Gasteiger partial charge in [0.2, 0.25) is 5.91 Å². The van der Waals surface area contributed by atoms with Crippen LogP contribution in [-0.4, -0.2) is 47.5 Å². The molecule has 2 heterocycles. The Kier molecular flexibility index (Phi) is 5.49. The quantitative estimate of drug-likeness (QED) is 0.630. The summed E-state index contributed by atoms with van der Waals surface area (Å²) in [6.07, 6.45) is 1.61. The zero-order chi connectivity index (χ0) is 23.8. The Bertz CT molecular complexity index is 1420. The number of piperazine rings is 1. The molecule has 9 heteroatoms. The predicted molar refractivity (Wildman–Crippen MR) is 122 cm³/mol. The van der Waals surface area contributed by atoms with Gasteiger partial charge in [-0.1, -0.05) is 12.1 Å². The molecule has 5 rings (SSSR count). The van der Waals surface area contributed by atoms with Gasteiger partial charge in [0, 0.05) is 35.5 Å². The lowest BCUT2D eigenvalue weighted by Crippen LogP contribution is -2.51. The summed E-state index contributed by atoms with van der Waals surface area (Å²) < 4.78 is 21.3. The van der Waals surface area contributed by atoms with Crippen LogP contribution in [0.25, 0.3) is 21.9 Å². The van der Waals surface area contributed by atoms with Crippen LogP contribution in [0.15, 0.2) is 47.3 Å². The Morgan fingerprint density at radius 1 is 1.18 bits per heavy atom. The van der Waals surface area contributed by atoms with Crippen LogP contribution in [0.2, 0.25) is 0 Å². The molecule has 0 bridgehead atoms. The molecule has 1 saturated carbocycles. The van der Waals surface area contributed by atoms with Crippen LogP contribution in [0.4, 0.5) is 4.39 Å². The highest BCUT2D eigenvalue weighted by molar-refractivity contribution is 5.99. The maximum Gasteiger partial charge on any atom is 0.261 e. The second-order valence-electron chi connectivity index (χ2n) is 8.41. The summed E-state index contributed by atoms with van der Waals surface area (Å²) in [5.41, 5.74) is 0.825. The highest BCUT2D eigenvalue weighted by Crippen LogP contribution is 2.39. The van der Waals surface area contributed by atoms with Crippen molar-refractivity contribution < 1.29 is 18.7 Å². The molecule has 1 aromatic heterocycles. The van der Waals surface area contributed by atoms with Crippen molar-refractivity contribution in [2.45, 2.75) is 18.9 Å². The SMILES string of the molecule is N#Cc1c(-c2cccc(F)c2)c2cc(OCC(=O)N3CCNC(=O)C3)ccc2c(=O)n1C1CC1. The van der Waals surface area contributed by atoms with Gasteiger partial charge in [0.1, 0.15) is 23.3 Å². The van der Waals surface area contributed by atoms with Gasteiger partial charge >= 0.3 is 0 Å². The summed E-state index contributed by atoms with van der Waals surface area (Å²) in [7, 11) is 0. The molecule has 8 nitrogen and oxygen atoms in total. The van der Waals surface area contributed by atoms with Gasteiger partial charge in [0.25, 0.3) is 11.5 Å². The van der Waals surface area contributed by atoms with Gasteiger partial charge in [-0.15, -0.1) is 0 Å². The number of halogens is 1. The van der Waals surface area contributed by atoms with Gasteiger partial charge < -0.3 is 15.0 Å². The average molecular weight is 460 g/mol. The molecule has 0 radical (unpaired) electrons. The number of carbonyl (C=O) groups is 2. The first-order chi connectivity index (χ1) is 16.5. The third-order valence-electron chi connectivity index (χ3n) is 6.07. The predicted octanol–water partition coefficient (Wildman–Crippen LogP) is 2.35. The third-order valence-corrected chi connectivity index (χ3v) is 6.07. The Balaban J connectivity index is 1.57. The van der Waals surface area contributed by atoms with Crippen LogP contribution in [0.5, 0.6) is 5.75 Å². The number of aromatic nitrogens is 1. The number of nitriles is 1. The van der Waals surface area contributed by atoms with Crippen molar-refractivity contribution in [2.24, 2.45) is 0 Å². The van der Waals surface area contributed by atoms with Crippen LogP contribution < -0.4 is 15.6 Å². The van der Waals surface area contributed by atoms with Gasteiger partial charge in [0.15, 0.2) is 6.61 Å². The number of pyridine rings is 1. The van der Waals surface area contributed by atoms with Crippen molar-refractivity contribution in [1.82, 2.24) is 14.8 Å². The Morgan fingerprint density at radius 2 is 2.00 bits per heavy atom. The van der Waals surface area contributed by atoms with E-state index in [4.69, 9.17) is 4.74 Å². The number of amides is 2. The molecule has 0 spiro atoms. The van der Waals surface area contributed by atoms with Crippen molar-refractivity contribution in [3.05, 3.63) is 64.3 Å². The first-order valence-corrected chi connectivity index (χ1v) is 11.0. The summed E-state index contributed by atoms with van der Waals surface area (Å²) in [4.78, 5) is 38.7. The van der Waals surface area contributed by atoms with Crippen LogP contribution >= 0.6 is 0 Å². The summed E-state index contributed by atoms with van der Waals surface area (Å²) in [6, 6.07) is 12.8. The van der Waals surface area contributed by atoms with Gasteiger partial charge in [-0.2, -0.15) is 5.26 Å². The molecular weight excluding hydrogens is 439 g/mol. The van der Waals surface area contributed by atoms with Crippen molar-refractivity contribution >= 4 is 22.6 Å². The summed E-state index contributed by atoms with van der Waals surface area (Å²) in [5, 5.41) is 13.5. The lowest BCUT2D eigenvalue weighted by atomic mass is 9.96. The lowest BCUT2D eigenvalue weighted by molar-refractivity contribution is -0.139. The normalized spacial score (nSPS) is 15.6. The maximum absolute atomic E-state index is 14.1. The number of benzene rings is 2. The molecule has 172 valence electrons. The van der Waals surface area contributed by atoms with Gasteiger partial charge in [-0.3, -0.25) is 19.0 Å². The van der Waals surface area contributed by atoms with Crippen molar-refractivity contribution in [3.63, 3.8) is 0 Å². The minimum absolute atomic E-state index is 0.0180. The fourth-order valence-electron chi connectivity index (χ4n) is 4.30. The molecule has 2 amide bonds. The number of nitrogens with one attached hydrogen (secondary N) is 1. The number of nitrogens with zero attached hydrogens (tertiary/aromatic N) is 3. The van der Waals surface area contributed by atoms with E-state index in [-0.39, 0.29) is 42.3 Å². The van der Waals surface area contributed by atoms with E-state index in [0.717, 1.165) is 12.8 Å². The van der Waals surface area contributed by atoms with Gasteiger partial charge in [-0.05, 0) is 48.7 Å². The van der Waals surface area contributed by atoms with E-state index in [2.05, 4.69) is 11.4 Å². The molecule has 34 heavy (non-hydrogen) atoms. The van der Waals surface area contributed by atoms with E-state index < -0.39 is 5.82 Å². The van der Waals surface area contributed by atoms with Crippen LogP contribution in [0, 0.1) is 17.1 Å². The number of fused-ring (bicyclic) bond motifs is 1. The van der Waals surface area contributed by atoms with Crippen molar-refractivity contribution in [2.75, 3.05) is 26.2 Å². The van der Waals surface area contributed by atoms with Crippen molar-refractivity contribution in [3.8, 4) is 22.9 Å². The zero-order valence-corrected chi connectivity index (χ0v) is 18.2. The second kappa shape index (κ2) is 8.63. The molecule has 2 aliphatic rings. The molecule has 0 unspecified atom stereocenters. The molecule has 0 atom stereocenters. The minimum Gasteiger partial charge on any atom is -0.484 e. The average Bonchev–Trinajstić information content (AvgIpc) is 3.67. The van der Waals surface area contributed by atoms with Gasteiger partial charge in [-0.25, -0.2) is 4.39 Å². The lowest BCUT2D eigenvalue weighted by Gasteiger charge is -2.26. The van der Waals surface area contributed by atoms with E-state index in [1.807, 2.05) is 0 Å². The Labute approximate surface area is 194 Å².